The zero-order valence-electron chi connectivity index (χ0n) is 9.87. The van der Waals surface area contributed by atoms with Crippen molar-refractivity contribution in [1.29, 1.82) is 0 Å². The number of anilines is 1. The molecule has 2 N–H and O–H groups in total. The van der Waals surface area contributed by atoms with E-state index in [0.717, 1.165) is 17.1 Å². The fourth-order valence-corrected chi connectivity index (χ4v) is 2.39. The van der Waals surface area contributed by atoms with Crippen LogP contribution in [0, 0.1) is 10.1 Å². The molecule has 0 aliphatic rings. The molecule has 2 rings (SSSR count). The van der Waals surface area contributed by atoms with E-state index in [-0.39, 0.29) is 28.5 Å². The van der Waals surface area contributed by atoms with E-state index in [0.29, 0.717) is 0 Å². The van der Waals surface area contributed by atoms with Crippen molar-refractivity contribution in [1.82, 2.24) is 4.98 Å². The number of nitrogens with zero attached hydrogens (tertiary/aromatic N) is 2. The van der Waals surface area contributed by atoms with E-state index in [1.54, 1.807) is 11.6 Å². The summed E-state index contributed by atoms with van der Waals surface area (Å²) in [7, 11) is 0. The Bertz CT molecular complexity index is 660. The van der Waals surface area contributed by atoms with Gasteiger partial charge in [0.05, 0.1) is 27.7 Å². The standard InChI is InChI=1S/C11H8ClN3O4S/c12-8-4-6(15(18)19)3-7(11(16)17)10(8)14-5-9-13-1-2-20-9/h1-4,14H,5H2,(H,16,17). The highest BCUT2D eigenvalue weighted by atomic mass is 35.5. The summed E-state index contributed by atoms with van der Waals surface area (Å²) in [6.07, 6.45) is 1.62. The molecule has 0 saturated heterocycles. The summed E-state index contributed by atoms with van der Waals surface area (Å²) in [4.78, 5) is 25.2. The second kappa shape index (κ2) is 5.85. The van der Waals surface area contributed by atoms with Gasteiger partial charge in [0.15, 0.2) is 0 Å². The van der Waals surface area contributed by atoms with E-state index in [1.165, 1.54) is 11.3 Å². The van der Waals surface area contributed by atoms with Gasteiger partial charge in [0.1, 0.15) is 5.01 Å². The van der Waals surface area contributed by atoms with E-state index in [1.807, 2.05) is 0 Å². The minimum atomic E-state index is -1.29. The van der Waals surface area contributed by atoms with Gasteiger partial charge in [0, 0.05) is 23.7 Å². The van der Waals surface area contributed by atoms with Crippen molar-refractivity contribution in [2.24, 2.45) is 0 Å². The number of non-ortho nitro benzene ring substituents is 1. The van der Waals surface area contributed by atoms with E-state index in [4.69, 9.17) is 16.7 Å². The smallest absolute Gasteiger partial charge is 0.338 e. The monoisotopic (exact) mass is 313 g/mol. The molecule has 0 unspecified atom stereocenters. The lowest BCUT2D eigenvalue weighted by Gasteiger charge is -2.10. The fourth-order valence-electron chi connectivity index (χ4n) is 1.55. The lowest BCUT2D eigenvalue weighted by Crippen LogP contribution is -2.08. The Morgan fingerprint density at radius 1 is 1.55 bits per heavy atom. The average molecular weight is 314 g/mol. The molecule has 7 nitrogen and oxygen atoms in total. The van der Waals surface area contributed by atoms with Crippen LogP contribution in [0.1, 0.15) is 15.4 Å². The zero-order chi connectivity index (χ0) is 14.7. The number of rotatable bonds is 5. The third-order valence-corrected chi connectivity index (χ3v) is 3.49. The maximum atomic E-state index is 11.2. The predicted molar refractivity (Wildman–Crippen MR) is 74.5 cm³/mol. The molecular weight excluding hydrogens is 306 g/mol. The van der Waals surface area contributed by atoms with Gasteiger partial charge >= 0.3 is 5.97 Å². The molecule has 20 heavy (non-hydrogen) atoms. The van der Waals surface area contributed by atoms with Crippen LogP contribution in [-0.2, 0) is 6.54 Å². The van der Waals surface area contributed by atoms with E-state index < -0.39 is 10.9 Å². The molecule has 0 fully saturated rings. The van der Waals surface area contributed by atoms with Gasteiger partial charge in [-0.3, -0.25) is 10.1 Å². The van der Waals surface area contributed by atoms with Crippen LogP contribution in [0.4, 0.5) is 11.4 Å². The topological polar surface area (TPSA) is 105 Å². The second-order valence-electron chi connectivity index (χ2n) is 3.69. The Balaban J connectivity index is 2.35. The molecule has 1 heterocycles. The summed E-state index contributed by atoms with van der Waals surface area (Å²) < 4.78 is 0. The van der Waals surface area contributed by atoms with Crippen molar-refractivity contribution in [3.05, 3.63) is 49.4 Å². The lowest BCUT2D eigenvalue weighted by atomic mass is 10.1. The van der Waals surface area contributed by atoms with Crippen LogP contribution in [0.2, 0.25) is 5.02 Å². The highest BCUT2D eigenvalue weighted by Gasteiger charge is 2.20. The maximum absolute atomic E-state index is 11.2. The van der Waals surface area contributed by atoms with E-state index in [2.05, 4.69) is 10.3 Å². The number of aromatic carboxylic acids is 1. The summed E-state index contributed by atoms with van der Waals surface area (Å²) in [5.74, 6) is -1.29. The highest BCUT2D eigenvalue weighted by Crippen LogP contribution is 2.31. The molecule has 0 radical (unpaired) electrons. The number of carboxylic acid groups (broad SMARTS) is 1. The minimum Gasteiger partial charge on any atom is -0.478 e. The first-order valence-corrected chi connectivity index (χ1v) is 6.58. The summed E-state index contributed by atoms with van der Waals surface area (Å²) in [5.41, 5.74) is -0.479. The van der Waals surface area contributed by atoms with Crippen molar-refractivity contribution in [2.75, 3.05) is 5.32 Å². The molecule has 2 aromatic rings. The Morgan fingerprint density at radius 3 is 2.85 bits per heavy atom. The van der Waals surface area contributed by atoms with Crippen molar-refractivity contribution in [3.63, 3.8) is 0 Å². The Hall–Kier alpha value is -2.19. The number of nitro groups is 1. The first kappa shape index (κ1) is 14.2. The lowest BCUT2D eigenvalue weighted by molar-refractivity contribution is -0.384. The highest BCUT2D eigenvalue weighted by molar-refractivity contribution is 7.09. The number of carboxylic acids is 1. The molecule has 0 bridgehead atoms. The quantitative estimate of drug-likeness (QED) is 0.649. The van der Waals surface area contributed by atoms with Crippen LogP contribution in [0.15, 0.2) is 23.7 Å². The fraction of sp³-hybridized carbons (Fsp3) is 0.0909. The van der Waals surface area contributed by atoms with Crippen molar-refractivity contribution < 1.29 is 14.8 Å². The van der Waals surface area contributed by atoms with Gasteiger partial charge in [-0.1, -0.05) is 11.6 Å². The normalized spacial score (nSPS) is 10.2. The van der Waals surface area contributed by atoms with E-state index in [9.17, 15) is 14.9 Å². The Labute approximate surface area is 122 Å². The number of halogens is 1. The van der Waals surface area contributed by atoms with Gasteiger partial charge < -0.3 is 10.4 Å². The number of benzene rings is 1. The van der Waals surface area contributed by atoms with Crippen molar-refractivity contribution in [2.45, 2.75) is 6.54 Å². The number of carbonyl (C=O) groups is 1. The third kappa shape index (κ3) is 3.03. The molecule has 0 spiro atoms. The summed E-state index contributed by atoms with van der Waals surface area (Å²) in [6, 6.07) is 2.08. The van der Waals surface area contributed by atoms with Gasteiger partial charge in [-0.2, -0.15) is 0 Å². The molecule has 104 valence electrons. The summed E-state index contributed by atoms with van der Waals surface area (Å²) in [5, 5.41) is 25.2. The van der Waals surface area contributed by atoms with Crippen LogP contribution < -0.4 is 5.32 Å². The number of hydrogen-bond acceptors (Lipinski definition) is 6. The molecular formula is C11H8ClN3O4S. The Kier molecular flexibility index (Phi) is 4.16. The second-order valence-corrected chi connectivity index (χ2v) is 5.08. The SMILES string of the molecule is O=C(O)c1cc([N+](=O)[O-])cc(Cl)c1NCc1nccs1. The van der Waals surface area contributed by atoms with Crippen LogP contribution >= 0.6 is 22.9 Å². The minimum absolute atomic E-state index is 0.0202. The zero-order valence-corrected chi connectivity index (χ0v) is 11.4. The molecule has 1 aromatic heterocycles. The van der Waals surface area contributed by atoms with Gasteiger partial charge in [0.2, 0.25) is 0 Å². The average Bonchev–Trinajstić information content (AvgIpc) is 2.89. The number of thiazole rings is 1. The molecule has 0 saturated carbocycles. The molecule has 0 aliphatic carbocycles. The molecule has 0 atom stereocenters. The number of nitro benzene ring substituents is 1. The summed E-state index contributed by atoms with van der Waals surface area (Å²) >= 11 is 7.31. The largest absolute Gasteiger partial charge is 0.478 e. The summed E-state index contributed by atoms with van der Waals surface area (Å²) in [6.45, 7) is 0.287. The first-order chi connectivity index (χ1) is 9.49. The predicted octanol–water partition coefficient (Wildman–Crippen LogP) is 3.02. The van der Waals surface area contributed by atoms with Crippen LogP contribution in [0.3, 0.4) is 0 Å². The maximum Gasteiger partial charge on any atom is 0.338 e. The molecule has 0 amide bonds. The molecule has 1 aromatic carbocycles. The number of aromatic nitrogens is 1. The third-order valence-electron chi connectivity index (χ3n) is 2.42. The van der Waals surface area contributed by atoms with Gasteiger partial charge in [-0.05, 0) is 0 Å². The molecule has 0 aliphatic heterocycles. The van der Waals surface area contributed by atoms with Crippen LogP contribution in [-0.4, -0.2) is 21.0 Å². The van der Waals surface area contributed by atoms with Crippen LogP contribution in [0.5, 0.6) is 0 Å². The van der Waals surface area contributed by atoms with Gasteiger partial charge in [-0.15, -0.1) is 11.3 Å². The molecule has 9 heteroatoms. The number of hydrogen-bond donors (Lipinski definition) is 2. The van der Waals surface area contributed by atoms with Gasteiger partial charge in [0.25, 0.3) is 5.69 Å². The van der Waals surface area contributed by atoms with E-state index >= 15 is 0 Å². The van der Waals surface area contributed by atoms with Crippen LogP contribution in [0.25, 0.3) is 0 Å². The van der Waals surface area contributed by atoms with Gasteiger partial charge in [-0.25, -0.2) is 9.78 Å². The van der Waals surface area contributed by atoms with Crippen molar-refractivity contribution >= 4 is 40.3 Å². The number of nitrogens with one attached hydrogen (secondary N) is 1. The first-order valence-electron chi connectivity index (χ1n) is 5.32. The van der Waals surface area contributed by atoms with Crippen molar-refractivity contribution in [3.8, 4) is 0 Å². The Morgan fingerprint density at radius 2 is 2.30 bits per heavy atom.